The van der Waals surface area contributed by atoms with Crippen molar-refractivity contribution in [1.29, 1.82) is 0 Å². The largest absolute Gasteiger partial charge is 2.00 e. The van der Waals surface area contributed by atoms with Gasteiger partial charge in [0.15, 0.2) is 0 Å². The number of aliphatic hydroxyl groups is 1. The first kappa shape index (κ1) is 21.9. The molecule has 0 spiro atoms. The first-order valence-corrected chi connectivity index (χ1v) is 8.60. The number of benzene rings is 2. The van der Waals surface area contributed by atoms with E-state index < -0.39 is 6.10 Å². The van der Waals surface area contributed by atoms with Gasteiger partial charge in [-0.15, -0.1) is 29.3 Å². The van der Waals surface area contributed by atoms with Crippen molar-refractivity contribution in [3.63, 3.8) is 0 Å². The molecule has 3 nitrogen and oxygen atoms in total. The van der Waals surface area contributed by atoms with Gasteiger partial charge in [-0.2, -0.15) is 0 Å². The third-order valence-corrected chi connectivity index (χ3v) is 4.24. The number of nitrogens with zero attached hydrogens (tertiary/aromatic N) is 2. The summed E-state index contributed by atoms with van der Waals surface area (Å²) >= 11 is 11.9. The van der Waals surface area contributed by atoms with Gasteiger partial charge in [-0.1, -0.05) is 59.1 Å². The number of hydrogen-bond donors (Lipinski definition) is 1. The summed E-state index contributed by atoms with van der Waals surface area (Å²) in [5.74, 6) is 0. The minimum Gasteiger partial charge on any atom is -0.854 e. The second kappa shape index (κ2) is 10.2. The van der Waals surface area contributed by atoms with E-state index in [9.17, 15) is 10.5 Å². The Hall–Kier alpha value is -1.41. The Kier molecular flexibility index (Phi) is 8.29. The fourth-order valence-corrected chi connectivity index (χ4v) is 2.76. The number of halogens is 2. The molecule has 132 valence electrons. The topological polar surface area (TPSA) is 55.4 Å². The molecule has 0 aliphatic heterocycles. The van der Waals surface area contributed by atoms with Crippen molar-refractivity contribution >= 4 is 28.9 Å². The molecule has 0 saturated heterocycles. The van der Waals surface area contributed by atoms with Crippen molar-refractivity contribution in [2.45, 2.75) is 6.10 Å². The van der Waals surface area contributed by atoms with E-state index in [1.807, 2.05) is 0 Å². The van der Waals surface area contributed by atoms with Gasteiger partial charge in [0, 0.05) is 28.0 Å². The van der Waals surface area contributed by atoms with Crippen LogP contribution in [0.4, 0.5) is 0 Å². The second-order valence-corrected chi connectivity index (χ2v) is 6.47. The van der Waals surface area contributed by atoms with Gasteiger partial charge in [0.2, 0.25) is 0 Å². The van der Waals surface area contributed by atoms with Crippen molar-refractivity contribution < 1.29 is 36.2 Å². The van der Waals surface area contributed by atoms with Crippen molar-refractivity contribution in [2.24, 2.45) is 0 Å². The summed E-state index contributed by atoms with van der Waals surface area (Å²) in [5, 5.41) is 22.7. The Balaban J connectivity index is 0.00000261. The van der Waals surface area contributed by atoms with E-state index in [0.717, 1.165) is 0 Å². The average Bonchev–Trinajstić information content (AvgIpc) is 2.67. The van der Waals surface area contributed by atoms with Crippen LogP contribution in [0.1, 0.15) is 22.8 Å². The van der Waals surface area contributed by atoms with Crippen LogP contribution in [0.25, 0.3) is 5.41 Å². The van der Waals surface area contributed by atoms with Gasteiger partial charge in [0.05, 0.1) is 6.10 Å². The maximum Gasteiger partial charge on any atom is 2.00 e. The van der Waals surface area contributed by atoms with Crippen LogP contribution in [0.15, 0.2) is 78.6 Å². The van der Waals surface area contributed by atoms with Crippen LogP contribution in [0, 0.1) is 37.2 Å². The normalized spacial score (nSPS) is 12.2. The molecule has 1 heterocycles. The van der Waals surface area contributed by atoms with Crippen LogP contribution in [-0.2, 0) is 0 Å². The third kappa shape index (κ3) is 5.78. The van der Waals surface area contributed by atoms with Gasteiger partial charge < -0.3 is 10.5 Å². The van der Waals surface area contributed by atoms with Crippen LogP contribution in [0.3, 0.4) is 0 Å². The molecular weight excluding hydrogens is 605 g/mol. The van der Waals surface area contributed by atoms with Gasteiger partial charge in [-0.25, -0.2) is 5.71 Å². The van der Waals surface area contributed by atoms with Gasteiger partial charge in [0.1, 0.15) is 0 Å². The first-order chi connectivity index (χ1) is 12.5. The summed E-state index contributed by atoms with van der Waals surface area (Å²) < 4.78 is 0. The maximum absolute atomic E-state index is 10.8. The molecule has 0 saturated carbocycles. The molecule has 27 heavy (non-hydrogen) atoms. The molecule has 1 atom stereocenters. The van der Waals surface area contributed by atoms with Crippen LogP contribution >= 0.6 is 23.2 Å². The van der Waals surface area contributed by atoms with Gasteiger partial charge >= 0.3 is 31.1 Å². The number of aromatic nitrogens is 1. The molecule has 0 aliphatic carbocycles. The predicted molar refractivity (Wildman–Crippen MR) is 105 cm³/mol. The Labute approximate surface area is 192 Å². The van der Waals surface area contributed by atoms with Gasteiger partial charge in [-0.3, -0.25) is 4.98 Å². The minimum atomic E-state index is -1.11. The number of hydrogen-bond acceptors (Lipinski definition) is 2. The average molecular weight is 619 g/mol. The van der Waals surface area contributed by atoms with Gasteiger partial charge in [0.25, 0.3) is 0 Å². The fraction of sp³-hybridized carbons (Fsp3) is 0.0476. The molecule has 3 rings (SSSR count). The summed E-state index contributed by atoms with van der Waals surface area (Å²) in [7, 11) is 0. The molecule has 6 heteroatoms. The number of pyridine rings is 1. The van der Waals surface area contributed by atoms with Crippen molar-refractivity contribution in [1.82, 2.24) is 4.98 Å². The molecule has 0 amide bonds. The summed E-state index contributed by atoms with van der Waals surface area (Å²) in [4.78, 5) is 4.02. The summed E-state index contributed by atoms with van der Waals surface area (Å²) in [6.07, 6.45) is 5.11. The molecule has 0 radical (unpaired) electrons. The van der Waals surface area contributed by atoms with E-state index in [1.54, 1.807) is 73.1 Å². The van der Waals surface area contributed by atoms with Gasteiger partial charge in [-0.05, 0) is 18.2 Å². The Morgan fingerprint density at radius 2 is 1.74 bits per heavy atom. The zero-order chi connectivity index (χ0) is 18.5. The number of rotatable bonds is 5. The van der Waals surface area contributed by atoms with Crippen LogP contribution in [0.2, 0.25) is 10.0 Å². The van der Waals surface area contributed by atoms with E-state index in [-0.39, 0.29) is 42.4 Å². The first-order valence-electron chi connectivity index (χ1n) is 7.84. The molecule has 1 unspecified atom stereocenters. The van der Waals surface area contributed by atoms with Crippen LogP contribution < -0.4 is 0 Å². The predicted octanol–water partition coefficient (Wildman–Crippen LogP) is 5.26. The number of aliphatic hydroxyl groups excluding tert-OH is 1. The summed E-state index contributed by atoms with van der Waals surface area (Å²) in [6.45, 7) is 0. The van der Waals surface area contributed by atoms with Crippen LogP contribution in [-0.4, -0.2) is 15.8 Å². The Bertz CT molecular complexity index is 944. The Morgan fingerprint density at radius 1 is 1.00 bits per heavy atom. The molecule has 0 bridgehead atoms. The monoisotopic (exact) mass is 618 g/mol. The minimum absolute atomic E-state index is 0. The fourth-order valence-electron chi connectivity index (χ4n) is 2.44. The van der Waals surface area contributed by atoms with E-state index in [0.29, 0.717) is 26.7 Å². The Morgan fingerprint density at radius 3 is 2.37 bits per heavy atom. The maximum atomic E-state index is 10.8. The van der Waals surface area contributed by atoms with E-state index in [1.165, 1.54) is 0 Å². The molecule has 0 fully saturated rings. The quantitative estimate of drug-likeness (QED) is 0.313. The van der Waals surface area contributed by atoms with E-state index in [4.69, 9.17) is 23.2 Å². The molecule has 1 aromatic heterocycles. The standard InChI is InChI=1S/C21H14Cl2N2O.U/c22-17-8-6-14(7-9-17)11-19(21(26)16-4-2-10-25-13-16)20(24)15-3-1-5-18(23)12-15;/h1-10,12-13,21,26H;/q-2;+2. The summed E-state index contributed by atoms with van der Waals surface area (Å²) in [6, 6.07) is 17.2. The van der Waals surface area contributed by atoms with Crippen molar-refractivity contribution in [3.05, 3.63) is 117 Å². The molecule has 0 aliphatic rings. The molecule has 1 N–H and O–H groups in total. The molecule has 3 aromatic rings. The SMILES string of the molecule is [N-]=C(C(=[C-]c1ccc(Cl)cc1)C(O)c1cccnc1)c1cccc(Cl)c1.[U+2]. The van der Waals surface area contributed by atoms with E-state index in [2.05, 4.69) is 11.1 Å². The van der Waals surface area contributed by atoms with Crippen molar-refractivity contribution in [2.75, 3.05) is 0 Å². The van der Waals surface area contributed by atoms with E-state index >= 15 is 0 Å². The zero-order valence-electron chi connectivity index (χ0n) is 14.1. The van der Waals surface area contributed by atoms with Crippen molar-refractivity contribution in [3.8, 4) is 0 Å². The molecular formula is C21H14Cl2N2OU. The van der Waals surface area contributed by atoms with Crippen LogP contribution in [0.5, 0.6) is 0 Å². The smallest absolute Gasteiger partial charge is 0.854 e. The zero-order valence-corrected chi connectivity index (χ0v) is 19.8. The molecule has 2 aromatic carbocycles. The summed E-state index contributed by atoms with van der Waals surface area (Å²) in [5.41, 5.74) is 1.79. The third-order valence-electron chi connectivity index (χ3n) is 3.75. The second-order valence-electron chi connectivity index (χ2n) is 5.59.